The SMILES string of the molecule is N#C[B-](C#N)(C#N)c1cc(C(F)(F)F)cc(C(F)(F)F)c1.[Na+]. The van der Waals surface area contributed by atoms with Gasteiger partial charge in [0.05, 0.1) is 11.1 Å². The van der Waals surface area contributed by atoms with Crippen molar-refractivity contribution in [2.75, 3.05) is 0 Å². The van der Waals surface area contributed by atoms with Gasteiger partial charge in [-0.3, -0.25) is 0 Å². The maximum Gasteiger partial charge on any atom is 1.00 e. The van der Waals surface area contributed by atoms with E-state index in [1.165, 1.54) is 17.9 Å². The van der Waals surface area contributed by atoms with Crippen molar-refractivity contribution in [2.45, 2.75) is 12.4 Å². The quantitative estimate of drug-likeness (QED) is 0.520. The molecule has 0 heterocycles. The summed E-state index contributed by atoms with van der Waals surface area (Å²) < 4.78 is 75.8. The molecule has 0 unspecified atom stereocenters. The Hall–Kier alpha value is -1.67. The topological polar surface area (TPSA) is 71.4 Å². The van der Waals surface area contributed by atoms with E-state index in [-0.39, 0.29) is 47.8 Å². The van der Waals surface area contributed by atoms with Crippen LogP contribution in [0.15, 0.2) is 18.2 Å². The Labute approximate surface area is 142 Å². The van der Waals surface area contributed by atoms with Gasteiger partial charge in [0.1, 0.15) is 0 Å². The number of nitrogens with zero attached hydrogens (tertiary/aromatic N) is 3. The molecule has 0 fully saturated rings. The fourth-order valence-electron chi connectivity index (χ4n) is 1.54. The molecular formula is C11H3BF6N3Na. The summed E-state index contributed by atoms with van der Waals surface area (Å²) in [4.78, 5) is 0. The number of nitriles is 3. The van der Waals surface area contributed by atoms with Crippen molar-refractivity contribution >= 4 is 11.6 Å². The van der Waals surface area contributed by atoms with E-state index in [0.717, 1.165) is 0 Å². The van der Waals surface area contributed by atoms with Gasteiger partial charge in [-0.05, 0) is 6.07 Å². The zero-order valence-corrected chi connectivity index (χ0v) is 12.9. The number of alkyl halides is 6. The van der Waals surface area contributed by atoms with E-state index in [1.807, 2.05) is 0 Å². The monoisotopic (exact) mass is 325 g/mol. The van der Waals surface area contributed by atoms with E-state index >= 15 is 0 Å². The summed E-state index contributed by atoms with van der Waals surface area (Å²) >= 11 is 0. The van der Waals surface area contributed by atoms with Crippen LogP contribution in [0.3, 0.4) is 0 Å². The van der Waals surface area contributed by atoms with Crippen molar-refractivity contribution in [3.05, 3.63) is 29.3 Å². The van der Waals surface area contributed by atoms with Crippen molar-refractivity contribution < 1.29 is 55.9 Å². The van der Waals surface area contributed by atoms with Gasteiger partial charge in [0.15, 0.2) is 0 Å². The standard InChI is InChI=1S/C11H3BF6N3.Na/c13-10(14,15)7-1-8(11(16,17)18)3-9(2-7)12(4-19,5-20)6-21;/h1-3H;/q-1;+1. The van der Waals surface area contributed by atoms with Crippen molar-refractivity contribution in [2.24, 2.45) is 0 Å². The molecule has 0 spiro atoms. The molecule has 0 aliphatic rings. The van der Waals surface area contributed by atoms with Crippen LogP contribution >= 0.6 is 0 Å². The smallest absolute Gasteiger partial charge is 0.246 e. The normalized spacial score (nSPS) is 11.6. The molecule has 0 amide bonds. The molecule has 0 bridgehead atoms. The van der Waals surface area contributed by atoms with Crippen LogP contribution in [0.1, 0.15) is 11.1 Å². The van der Waals surface area contributed by atoms with E-state index in [4.69, 9.17) is 15.8 Å². The summed E-state index contributed by atoms with van der Waals surface area (Å²) in [5, 5.41) is 26.4. The predicted molar refractivity (Wildman–Crippen MR) is 58.7 cm³/mol. The van der Waals surface area contributed by atoms with Crippen LogP contribution in [0, 0.1) is 33.7 Å². The summed E-state index contributed by atoms with van der Waals surface area (Å²) in [6, 6.07) is 0.284. The Balaban J connectivity index is 0.00000441. The van der Waals surface area contributed by atoms with E-state index in [0.29, 0.717) is 0 Å². The zero-order chi connectivity index (χ0) is 16.5. The molecule has 0 saturated heterocycles. The Morgan fingerprint density at radius 1 is 0.727 bits per heavy atom. The number of hydrogen-bond donors (Lipinski definition) is 0. The molecule has 1 aromatic carbocycles. The molecule has 1 aromatic rings. The van der Waals surface area contributed by atoms with Crippen LogP contribution < -0.4 is 35.0 Å². The van der Waals surface area contributed by atoms with Gasteiger partial charge in [-0.2, -0.15) is 31.8 Å². The van der Waals surface area contributed by atoms with Gasteiger partial charge < -0.3 is 0 Å². The van der Waals surface area contributed by atoms with Gasteiger partial charge in [-0.1, -0.05) is 12.1 Å². The van der Waals surface area contributed by atoms with Crippen molar-refractivity contribution in [1.29, 1.82) is 15.8 Å². The fourth-order valence-corrected chi connectivity index (χ4v) is 1.54. The zero-order valence-electron chi connectivity index (χ0n) is 10.9. The first-order chi connectivity index (χ1) is 9.50. The first-order valence-electron chi connectivity index (χ1n) is 5.19. The Bertz CT molecular complexity index is 624. The van der Waals surface area contributed by atoms with Gasteiger partial charge in [-0.15, -0.1) is 17.9 Å². The summed E-state index contributed by atoms with van der Waals surface area (Å²) in [5.41, 5.74) is -4.27. The van der Waals surface area contributed by atoms with Gasteiger partial charge in [0, 0.05) is 0 Å². The van der Waals surface area contributed by atoms with Gasteiger partial charge in [-0.25, -0.2) is 15.8 Å². The van der Waals surface area contributed by atoms with Crippen molar-refractivity contribution in [3.8, 4) is 17.9 Å². The minimum atomic E-state index is -5.11. The molecule has 0 saturated carbocycles. The second kappa shape index (κ2) is 6.62. The van der Waals surface area contributed by atoms with E-state index in [2.05, 4.69) is 0 Å². The molecule has 0 radical (unpaired) electrons. The van der Waals surface area contributed by atoms with Crippen LogP contribution in [0.4, 0.5) is 26.3 Å². The second-order valence-corrected chi connectivity index (χ2v) is 4.09. The third-order valence-corrected chi connectivity index (χ3v) is 2.69. The average Bonchev–Trinajstić information content (AvgIpc) is 2.39. The molecule has 0 N–H and O–H groups in total. The number of halogens is 6. The Morgan fingerprint density at radius 2 is 1.05 bits per heavy atom. The third kappa shape index (κ3) is 3.95. The summed E-state index contributed by atoms with van der Waals surface area (Å²) in [5.74, 6) is 3.58. The third-order valence-electron chi connectivity index (χ3n) is 2.69. The maximum absolute atomic E-state index is 12.6. The molecular weight excluding hydrogens is 322 g/mol. The van der Waals surface area contributed by atoms with Crippen LogP contribution in [-0.4, -0.2) is 6.15 Å². The van der Waals surface area contributed by atoms with Crippen LogP contribution in [0.5, 0.6) is 0 Å². The first-order valence-corrected chi connectivity index (χ1v) is 5.19. The maximum atomic E-state index is 12.6. The van der Waals surface area contributed by atoms with Crippen LogP contribution in [0.2, 0.25) is 0 Å². The van der Waals surface area contributed by atoms with Crippen molar-refractivity contribution in [1.82, 2.24) is 0 Å². The molecule has 0 aliphatic carbocycles. The minimum Gasteiger partial charge on any atom is -0.246 e. The predicted octanol–water partition coefficient (Wildman–Crippen LogP) is -0.428. The van der Waals surface area contributed by atoms with Gasteiger partial charge >= 0.3 is 48.1 Å². The number of hydrogen-bond acceptors (Lipinski definition) is 3. The summed E-state index contributed by atoms with van der Waals surface area (Å²) in [6.07, 6.45) is -13.7. The molecule has 0 atom stereocenters. The Morgan fingerprint density at radius 3 is 1.27 bits per heavy atom. The second-order valence-electron chi connectivity index (χ2n) is 4.09. The molecule has 0 aromatic heterocycles. The molecule has 11 heteroatoms. The molecule has 3 nitrogen and oxygen atoms in total. The van der Waals surface area contributed by atoms with E-state index in [1.54, 1.807) is 0 Å². The largest absolute Gasteiger partial charge is 1.00 e. The Kier molecular flexibility index (Phi) is 6.12. The summed E-state index contributed by atoms with van der Waals surface area (Å²) in [7, 11) is 0. The van der Waals surface area contributed by atoms with Crippen LogP contribution in [0.25, 0.3) is 0 Å². The average molecular weight is 325 g/mol. The van der Waals surface area contributed by atoms with Gasteiger partial charge in [0.2, 0.25) is 0 Å². The minimum absolute atomic E-state index is 0. The molecule has 0 aliphatic heterocycles. The number of rotatable bonds is 1. The van der Waals surface area contributed by atoms with Crippen LogP contribution in [-0.2, 0) is 12.4 Å². The first kappa shape index (κ1) is 20.3. The summed E-state index contributed by atoms with van der Waals surface area (Å²) in [6.45, 7) is 0. The molecule has 22 heavy (non-hydrogen) atoms. The van der Waals surface area contributed by atoms with Crippen molar-refractivity contribution in [3.63, 3.8) is 0 Å². The number of benzene rings is 1. The van der Waals surface area contributed by atoms with E-state index in [9.17, 15) is 26.3 Å². The van der Waals surface area contributed by atoms with E-state index < -0.39 is 35.1 Å². The fraction of sp³-hybridized carbons (Fsp3) is 0.182. The van der Waals surface area contributed by atoms with Gasteiger partial charge in [0.25, 0.3) is 0 Å². The molecule has 108 valence electrons. The molecule has 1 rings (SSSR count).